The third kappa shape index (κ3) is 3.06. The second kappa shape index (κ2) is 4.39. The van der Waals surface area contributed by atoms with Crippen LogP contribution >= 0.6 is 0 Å². The van der Waals surface area contributed by atoms with Crippen molar-refractivity contribution >= 4 is 5.78 Å². The molecule has 0 fully saturated rings. The lowest BCUT2D eigenvalue weighted by molar-refractivity contribution is -0.114. The normalized spacial score (nSPS) is 11.2. The number of ketones is 1. The number of nitrogens with two attached hydrogens (primary N) is 1. The smallest absolute Gasteiger partial charge is 0.222 e. The Balaban J connectivity index is 2.74. The molecular weight excluding hydrogens is 164 g/mol. The number of aromatic nitrogens is 1. The van der Waals surface area contributed by atoms with Crippen molar-refractivity contribution in [2.75, 3.05) is 0 Å². The van der Waals surface area contributed by atoms with E-state index in [2.05, 4.69) is 16.8 Å². The zero-order chi connectivity index (χ0) is 9.68. The quantitative estimate of drug-likeness (QED) is 0.625. The highest BCUT2D eigenvalue weighted by atomic mass is 16.1. The molecule has 1 aromatic heterocycles. The molecule has 0 aromatic carbocycles. The van der Waals surface area contributed by atoms with Gasteiger partial charge in [0, 0.05) is 6.20 Å². The van der Waals surface area contributed by atoms with Crippen molar-refractivity contribution in [2.45, 2.75) is 13.0 Å². The van der Waals surface area contributed by atoms with Gasteiger partial charge in [0.1, 0.15) is 5.69 Å². The fourth-order valence-corrected chi connectivity index (χ4v) is 0.676. The first-order valence-electron chi connectivity index (χ1n) is 3.92. The average Bonchev–Trinajstić information content (AvgIpc) is 2.15. The first-order valence-corrected chi connectivity index (χ1v) is 3.92. The second-order valence-electron chi connectivity index (χ2n) is 2.62. The molecule has 0 spiro atoms. The fraction of sp³-hybridized carbons (Fsp3) is 0.200. The SMILES string of the molecule is CC(N)C(=O)C#Cc1ccccn1. The van der Waals surface area contributed by atoms with Crippen LogP contribution in [0.5, 0.6) is 0 Å². The zero-order valence-electron chi connectivity index (χ0n) is 7.32. The number of Topliss-reactive ketones (excluding diaryl/α,β-unsaturated/α-hetero) is 1. The second-order valence-corrected chi connectivity index (χ2v) is 2.62. The van der Waals surface area contributed by atoms with Crippen LogP contribution in [-0.4, -0.2) is 16.8 Å². The first-order chi connectivity index (χ1) is 6.20. The molecular formula is C10H10N2O. The summed E-state index contributed by atoms with van der Waals surface area (Å²) in [6.07, 6.45) is 1.63. The summed E-state index contributed by atoms with van der Waals surface area (Å²) in [5, 5.41) is 0. The van der Waals surface area contributed by atoms with E-state index < -0.39 is 6.04 Å². The van der Waals surface area contributed by atoms with Crippen LogP contribution in [0.3, 0.4) is 0 Å². The third-order valence-corrected chi connectivity index (χ3v) is 1.39. The largest absolute Gasteiger partial charge is 0.321 e. The molecule has 1 aromatic rings. The molecule has 2 N–H and O–H groups in total. The first kappa shape index (κ1) is 9.43. The minimum absolute atomic E-state index is 0.273. The van der Waals surface area contributed by atoms with Crippen LogP contribution in [0.2, 0.25) is 0 Å². The molecule has 1 heterocycles. The topological polar surface area (TPSA) is 56.0 Å². The zero-order valence-corrected chi connectivity index (χ0v) is 7.32. The predicted molar refractivity (Wildman–Crippen MR) is 49.8 cm³/mol. The van der Waals surface area contributed by atoms with Gasteiger partial charge in [-0.1, -0.05) is 6.07 Å². The Morgan fingerprint density at radius 3 is 2.92 bits per heavy atom. The molecule has 1 atom stereocenters. The van der Waals surface area contributed by atoms with Gasteiger partial charge in [0.15, 0.2) is 0 Å². The molecule has 3 nitrogen and oxygen atoms in total. The van der Waals surface area contributed by atoms with E-state index in [1.54, 1.807) is 25.3 Å². The predicted octanol–water partition coefficient (Wildman–Crippen LogP) is 0.349. The maximum Gasteiger partial charge on any atom is 0.222 e. The van der Waals surface area contributed by atoms with E-state index in [-0.39, 0.29) is 5.78 Å². The molecule has 0 aliphatic heterocycles. The van der Waals surface area contributed by atoms with Gasteiger partial charge in [0.2, 0.25) is 5.78 Å². The van der Waals surface area contributed by atoms with Gasteiger partial charge in [-0.15, -0.1) is 0 Å². The van der Waals surface area contributed by atoms with Gasteiger partial charge in [0.25, 0.3) is 0 Å². The number of carbonyl (C=O) groups is 1. The highest BCUT2D eigenvalue weighted by Crippen LogP contribution is 1.89. The van der Waals surface area contributed by atoms with E-state index in [1.165, 1.54) is 0 Å². The Hall–Kier alpha value is -1.66. The van der Waals surface area contributed by atoms with E-state index in [0.717, 1.165) is 0 Å². The number of nitrogens with zero attached hydrogens (tertiary/aromatic N) is 1. The lowest BCUT2D eigenvalue weighted by Crippen LogP contribution is -2.24. The molecule has 3 heteroatoms. The van der Waals surface area contributed by atoms with Gasteiger partial charge in [0.05, 0.1) is 6.04 Å². The summed E-state index contributed by atoms with van der Waals surface area (Å²) in [6.45, 7) is 1.61. The Morgan fingerprint density at radius 2 is 2.38 bits per heavy atom. The van der Waals surface area contributed by atoms with Gasteiger partial charge in [-0.3, -0.25) is 4.79 Å². The molecule has 1 unspecified atom stereocenters. The minimum atomic E-state index is -0.531. The Kier molecular flexibility index (Phi) is 3.18. The van der Waals surface area contributed by atoms with Crippen LogP contribution in [0.25, 0.3) is 0 Å². The number of rotatable bonds is 1. The highest BCUT2D eigenvalue weighted by Gasteiger charge is 2.01. The average molecular weight is 174 g/mol. The highest BCUT2D eigenvalue weighted by molar-refractivity contribution is 5.99. The molecule has 1 rings (SSSR count). The monoisotopic (exact) mass is 174 g/mol. The number of carbonyl (C=O) groups excluding carboxylic acids is 1. The van der Waals surface area contributed by atoms with E-state index >= 15 is 0 Å². The third-order valence-electron chi connectivity index (χ3n) is 1.39. The summed E-state index contributed by atoms with van der Waals surface area (Å²) in [7, 11) is 0. The summed E-state index contributed by atoms with van der Waals surface area (Å²) in [5.41, 5.74) is 5.91. The summed E-state index contributed by atoms with van der Waals surface area (Å²) >= 11 is 0. The van der Waals surface area contributed by atoms with Crippen LogP contribution in [-0.2, 0) is 4.79 Å². The number of hydrogen-bond donors (Lipinski definition) is 1. The summed E-state index contributed by atoms with van der Waals surface area (Å²) < 4.78 is 0. The van der Waals surface area contributed by atoms with Crippen LogP contribution in [0.4, 0.5) is 0 Å². The number of pyridine rings is 1. The van der Waals surface area contributed by atoms with Crippen molar-refractivity contribution in [1.82, 2.24) is 4.98 Å². The molecule has 0 bridgehead atoms. The lowest BCUT2D eigenvalue weighted by atomic mass is 10.2. The lowest BCUT2D eigenvalue weighted by Gasteiger charge is -1.93. The Morgan fingerprint density at radius 1 is 1.62 bits per heavy atom. The molecule has 0 aliphatic rings. The van der Waals surface area contributed by atoms with E-state index in [4.69, 9.17) is 5.73 Å². The van der Waals surface area contributed by atoms with E-state index in [9.17, 15) is 4.79 Å². The molecule has 66 valence electrons. The molecule has 0 saturated heterocycles. The van der Waals surface area contributed by atoms with Crippen LogP contribution in [0.1, 0.15) is 12.6 Å². The number of hydrogen-bond acceptors (Lipinski definition) is 3. The van der Waals surface area contributed by atoms with Crippen molar-refractivity contribution in [3.05, 3.63) is 30.1 Å². The fourth-order valence-electron chi connectivity index (χ4n) is 0.676. The van der Waals surface area contributed by atoms with Crippen molar-refractivity contribution < 1.29 is 4.79 Å². The van der Waals surface area contributed by atoms with Crippen LogP contribution in [0.15, 0.2) is 24.4 Å². The Labute approximate surface area is 77.0 Å². The van der Waals surface area contributed by atoms with Crippen molar-refractivity contribution in [3.63, 3.8) is 0 Å². The maximum absolute atomic E-state index is 11.0. The standard InChI is InChI=1S/C10H10N2O/c1-8(11)10(13)6-5-9-4-2-3-7-12-9/h2-4,7-8H,11H2,1H3. The molecule has 0 amide bonds. The van der Waals surface area contributed by atoms with Gasteiger partial charge in [-0.05, 0) is 30.9 Å². The maximum atomic E-state index is 11.0. The van der Waals surface area contributed by atoms with Gasteiger partial charge in [-0.2, -0.15) is 0 Å². The van der Waals surface area contributed by atoms with Gasteiger partial charge < -0.3 is 5.73 Å². The van der Waals surface area contributed by atoms with Crippen LogP contribution < -0.4 is 5.73 Å². The molecule has 0 saturated carbocycles. The molecule has 13 heavy (non-hydrogen) atoms. The van der Waals surface area contributed by atoms with Crippen LogP contribution in [0, 0.1) is 11.8 Å². The summed E-state index contributed by atoms with van der Waals surface area (Å²) in [4.78, 5) is 14.9. The van der Waals surface area contributed by atoms with Crippen molar-refractivity contribution in [2.24, 2.45) is 5.73 Å². The Bertz CT molecular complexity index is 346. The summed E-state index contributed by atoms with van der Waals surface area (Å²) in [5.74, 6) is 4.78. The molecule has 0 radical (unpaired) electrons. The summed E-state index contributed by atoms with van der Waals surface area (Å²) in [6, 6.07) is 4.81. The van der Waals surface area contributed by atoms with E-state index in [0.29, 0.717) is 5.69 Å². The van der Waals surface area contributed by atoms with Crippen molar-refractivity contribution in [1.29, 1.82) is 0 Å². The van der Waals surface area contributed by atoms with E-state index in [1.807, 2.05) is 6.07 Å². The molecule has 0 aliphatic carbocycles. The van der Waals surface area contributed by atoms with Gasteiger partial charge in [-0.25, -0.2) is 4.98 Å². The van der Waals surface area contributed by atoms with Crippen molar-refractivity contribution in [3.8, 4) is 11.8 Å². The minimum Gasteiger partial charge on any atom is -0.321 e. The van der Waals surface area contributed by atoms with Gasteiger partial charge >= 0.3 is 0 Å².